The van der Waals surface area contributed by atoms with Crippen LogP contribution in [0.15, 0.2) is 0 Å². The highest BCUT2D eigenvalue weighted by Gasteiger charge is 2.39. The van der Waals surface area contributed by atoms with E-state index in [1.54, 1.807) is 0 Å². The minimum atomic E-state index is -0.197. The van der Waals surface area contributed by atoms with Crippen LogP contribution < -0.4 is 5.32 Å². The van der Waals surface area contributed by atoms with Crippen molar-refractivity contribution < 1.29 is 4.79 Å². The molecule has 1 saturated carbocycles. The fraction of sp³-hybridized carbons (Fsp3) is 0.818. The van der Waals surface area contributed by atoms with Gasteiger partial charge in [-0.1, -0.05) is 25.5 Å². The molecule has 0 bridgehead atoms. The third-order valence-electron chi connectivity index (χ3n) is 3.68. The van der Waals surface area contributed by atoms with E-state index in [1.807, 2.05) is 6.92 Å². The van der Waals surface area contributed by atoms with Crippen molar-refractivity contribution in [1.29, 1.82) is 0 Å². The van der Waals surface area contributed by atoms with Gasteiger partial charge in [0.15, 0.2) is 5.82 Å². The number of nitrogens with one attached hydrogen (secondary N) is 2. The van der Waals surface area contributed by atoms with Gasteiger partial charge >= 0.3 is 0 Å². The predicted octanol–water partition coefficient (Wildman–Crippen LogP) is 1.20. The standard InChI is InChI=1S/C11H19N5O/c1-7(9-13-15-16-14-9)12-10(17)8-5-4-6-11(8,2)3/h7-8H,4-6H2,1-3H3,(H,12,17)(H,13,14,15,16). The Hall–Kier alpha value is -1.46. The van der Waals surface area contributed by atoms with Gasteiger partial charge in [0.2, 0.25) is 5.91 Å². The predicted molar refractivity (Wildman–Crippen MR) is 61.9 cm³/mol. The summed E-state index contributed by atoms with van der Waals surface area (Å²) in [5.41, 5.74) is 0.0983. The number of amides is 1. The van der Waals surface area contributed by atoms with Crippen LogP contribution in [0.1, 0.15) is 51.9 Å². The number of H-pyrrole nitrogens is 1. The minimum absolute atomic E-state index is 0.0943. The first-order valence-electron chi connectivity index (χ1n) is 6.04. The minimum Gasteiger partial charge on any atom is -0.346 e. The monoisotopic (exact) mass is 237 g/mol. The van der Waals surface area contributed by atoms with Gasteiger partial charge in [-0.25, -0.2) is 0 Å². The lowest BCUT2D eigenvalue weighted by atomic mass is 9.81. The van der Waals surface area contributed by atoms with Gasteiger partial charge in [-0.3, -0.25) is 4.79 Å². The number of rotatable bonds is 3. The Kier molecular flexibility index (Phi) is 3.13. The molecule has 1 aromatic rings. The number of hydrogen-bond donors (Lipinski definition) is 2. The Bertz CT molecular complexity index is 387. The fourth-order valence-electron chi connectivity index (χ4n) is 2.54. The third kappa shape index (κ3) is 2.45. The Morgan fingerprint density at radius 3 is 2.88 bits per heavy atom. The lowest BCUT2D eigenvalue weighted by molar-refractivity contribution is -0.128. The van der Waals surface area contributed by atoms with Gasteiger partial charge in [0.25, 0.3) is 0 Å². The van der Waals surface area contributed by atoms with Crippen LogP contribution in [0.3, 0.4) is 0 Å². The van der Waals surface area contributed by atoms with Crippen LogP contribution in [-0.2, 0) is 4.79 Å². The van der Waals surface area contributed by atoms with E-state index >= 15 is 0 Å². The largest absolute Gasteiger partial charge is 0.346 e. The molecular weight excluding hydrogens is 218 g/mol. The van der Waals surface area contributed by atoms with Crippen molar-refractivity contribution in [3.05, 3.63) is 5.82 Å². The normalized spacial score (nSPS) is 24.5. The molecule has 1 aromatic heterocycles. The van der Waals surface area contributed by atoms with Gasteiger partial charge in [0.1, 0.15) is 0 Å². The second-order valence-electron chi connectivity index (χ2n) is 5.43. The smallest absolute Gasteiger partial charge is 0.224 e. The van der Waals surface area contributed by atoms with Crippen molar-refractivity contribution >= 4 is 5.91 Å². The lowest BCUT2D eigenvalue weighted by Crippen LogP contribution is -2.37. The van der Waals surface area contributed by atoms with Gasteiger partial charge in [-0.05, 0) is 25.2 Å². The molecule has 2 atom stereocenters. The highest BCUT2D eigenvalue weighted by atomic mass is 16.2. The maximum atomic E-state index is 12.2. The number of aromatic amines is 1. The molecule has 1 fully saturated rings. The van der Waals surface area contributed by atoms with E-state index < -0.39 is 0 Å². The first-order valence-corrected chi connectivity index (χ1v) is 6.04. The van der Waals surface area contributed by atoms with E-state index in [0.717, 1.165) is 19.3 Å². The molecule has 6 nitrogen and oxygen atoms in total. The zero-order valence-corrected chi connectivity index (χ0v) is 10.5. The highest BCUT2D eigenvalue weighted by Crippen LogP contribution is 2.42. The van der Waals surface area contributed by atoms with E-state index in [9.17, 15) is 4.79 Å². The molecule has 94 valence electrons. The summed E-state index contributed by atoms with van der Waals surface area (Å²) in [5.74, 6) is 0.718. The molecule has 1 heterocycles. The molecular formula is C11H19N5O. The van der Waals surface area contributed by atoms with E-state index in [2.05, 4.69) is 39.8 Å². The second kappa shape index (κ2) is 4.43. The quantitative estimate of drug-likeness (QED) is 0.827. The second-order valence-corrected chi connectivity index (χ2v) is 5.43. The van der Waals surface area contributed by atoms with Crippen LogP contribution in [-0.4, -0.2) is 26.5 Å². The van der Waals surface area contributed by atoms with Crippen molar-refractivity contribution in [2.75, 3.05) is 0 Å². The summed E-state index contributed by atoms with van der Waals surface area (Å²) in [4.78, 5) is 12.2. The number of hydrogen-bond acceptors (Lipinski definition) is 4. The molecule has 1 amide bonds. The number of nitrogens with zero attached hydrogens (tertiary/aromatic N) is 3. The van der Waals surface area contributed by atoms with Crippen molar-refractivity contribution in [3.63, 3.8) is 0 Å². The summed E-state index contributed by atoms with van der Waals surface area (Å²) >= 11 is 0. The number of aromatic nitrogens is 4. The van der Waals surface area contributed by atoms with Gasteiger partial charge < -0.3 is 5.32 Å². The molecule has 1 aliphatic rings. The van der Waals surface area contributed by atoms with Crippen molar-refractivity contribution in [2.24, 2.45) is 11.3 Å². The average molecular weight is 237 g/mol. The SMILES string of the molecule is CC(NC(=O)C1CCCC1(C)C)c1nn[nH]n1. The maximum absolute atomic E-state index is 12.2. The zero-order valence-electron chi connectivity index (χ0n) is 10.5. The molecule has 0 aromatic carbocycles. The molecule has 0 spiro atoms. The Morgan fingerprint density at radius 1 is 1.59 bits per heavy atom. The van der Waals surface area contributed by atoms with Crippen LogP contribution >= 0.6 is 0 Å². The topological polar surface area (TPSA) is 83.6 Å². The van der Waals surface area contributed by atoms with Crippen molar-refractivity contribution in [1.82, 2.24) is 25.9 Å². The summed E-state index contributed by atoms with van der Waals surface area (Å²) in [6, 6.07) is -0.197. The summed E-state index contributed by atoms with van der Waals surface area (Å²) in [6.07, 6.45) is 3.21. The molecule has 0 saturated heterocycles. The fourth-order valence-corrected chi connectivity index (χ4v) is 2.54. The van der Waals surface area contributed by atoms with Crippen LogP contribution in [0.2, 0.25) is 0 Å². The maximum Gasteiger partial charge on any atom is 0.224 e. The number of carbonyl (C=O) groups is 1. The van der Waals surface area contributed by atoms with E-state index in [0.29, 0.717) is 5.82 Å². The number of tetrazole rings is 1. The van der Waals surface area contributed by atoms with Crippen molar-refractivity contribution in [3.8, 4) is 0 Å². The summed E-state index contributed by atoms with van der Waals surface area (Å²) in [5, 5.41) is 16.6. The Morgan fingerprint density at radius 2 is 2.35 bits per heavy atom. The number of carbonyl (C=O) groups excluding carboxylic acids is 1. The van der Waals surface area contributed by atoms with E-state index in [4.69, 9.17) is 0 Å². The summed E-state index contributed by atoms with van der Waals surface area (Å²) in [7, 11) is 0. The molecule has 2 unspecified atom stereocenters. The van der Waals surface area contributed by atoms with Gasteiger partial charge in [-0.15, -0.1) is 10.2 Å². The Balaban J connectivity index is 1.98. The highest BCUT2D eigenvalue weighted by molar-refractivity contribution is 5.80. The first-order chi connectivity index (χ1) is 8.00. The van der Waals surface area contributed by atoms with Crippen LogP contribution in [0.25, 0.3) is 0 Å². The van der Waals surface area contributed by atoms with Crippen LogP contribution in [0, 0.1) is 11.3 Å². The summed E-state index contributed by atoms with van der Waals surface area (Å²) < 4.78 is 0. The van der Waals surface area contributed by atoms with Gasteiger partial charge in [0.05, 0.1) is 6.04 Å². The lowest BCUT2D eigenvalue weighted by Gasteiger charge is -2.26. The van der Waals surface area contributed by atoms with E-state index in [1.165, 1.54) is 0 Å². The molecule has 0 aliphatic heterocycles. The summed E-state index contributed by atoms with van der Waals surface area (Å²) in [6.45, 7) is 6.18. The van der Waals surface area contributed by atoms with Crippen LogP contribution in [0.5, 0.6) is 0 Å². The van der Waals surface area contributed by atoms with Gasteiger partial charge in [0, 0.05) is 5.92 Å². The molecule has 17 heavy (non-hydrogen) atoms. The molecule has 2 rings (SSSR count). The Labute approximate surface area is 101 Å². The zero-order chi connectivity index (χ0) is 12.5. The molecule has 2 N–H and O–H groups in total. The van der Waals surface area contributed by atoms with Gasteiger partial charge in [-0.2, -0.15) is 5.21 Å². The molecule has 6 heteroatoms. The van der Waals surface area contributed by atoms with Crippen LogP contribution in [0.4, 0.5) is 0 Å². The average Bonchev–Trinajstić information content (AvgIpc) is 2.85. The third-order valence-corrected chi connectivity index (χ3v) is 3.68. The van der Waals surface area contributed by atoms with Crippen molar-refractivity contribution in [2.45, 2.75) is 46.1 Å². The molecule has 1 aliphatic carbocycles. The molecule has 0 radical (unpaired) electrons. The first kappa shape index (κ1) is 12.0. The van der Waals surface area contributed by atoms with E-state index in [-0.39, 0.29) is 23.3 Å².